The number of sulfone groups is 1. The summed E-state index contributed by atoms with van der Waals surface area (Å²) in [7, 11) is -3.13. The monoisotopic (exact) mass is 425 g/mol. The van der Waals surface area contributed by atoms with Crippen molar-refractivity contribution in [3.05, 3.63) is 69.9 Å². The van der Waals surface area contributed by atoms with Gasteiger partial charge in [0.2, 0.25) is 0 Å². The van der Waals surface area contributed by atoms with Crippen LogP contribution in [0.3, 0.4) is 0 Å². The Morgan fingerprint density at radius 1 is 1.20 bits per heavy atom. The van der Waals surface area contributed by atoms with E-state index < -0.39 is 15.7 Å². The lowest BCUT2D eigenvalue weighted by Gasteiger charge is -2.28. The summed E-state index contributed by atoms with van der Waals surface area (Å²) in [6.45, 7) is 0.301. The maximum absolute atomic E-state index is 13.1. The largest absolute Gasteiger partial charge is 0.330 e. The van der Waals surface area contributed by atoms with Crippen molar-refractivity contribution < 1.29 is 17.6 Å². The van der Waals surface area contributed by atoms with E-state index in [1.807, 2.05) is 24.3 Å². The molecular formula is C18H17BrFNO3S. The van der Waals surface area contributed by atoms with Crippen LogP contribution in [0.1, 0.15) is 22.3 Å². The quantitative estimate of drug-likeness (QED) is 0.753. The Labute approximate surface area is 154 Å². The first kappa shape index (κ1) is 18.1. The first-order chi connectivity index (χ1) is 11.8. The first-order valence-corrected chi connectivity index (χ1v) is 10.5. The molecule has 2 aromatic carbocycles. The van der Waals surface area contributed by atoms with E-state index in [9.17, 15) is 17.6 Å². The van der Waals surface area contributed by atoms with E-state index in [1.54, 1.807) is 4.90 Å². The number of hydrogen-bond donors (Lipinski definition) is 0. The summed E-state index contributed by atoms with van der Waals surface area (Å²) < 4.78 is 37.7. The predicted molar refractivity (Wildman–Crippen MR) is 97.5 cm³/mol. The van der Waals surface area contributed by atoms with Gasteiger partial charge in [0.15, 0.2) is 9.84 Å². The van der Waals surface area contributed by atoms with Crippen LogP contribution in [-0.4, -0.2) is 36.8 Å². The van der Waals surface area contributed by atoms with Crippen molar-refractivity contribution >= 4 is 31.7 Å². The van der Waals surface area contributed by atoms with Gasteiger partial charge in [-0.3, -0.25) is 4.79 Å². The van der Waals surface area contributed by atoms with E-state index >= 15 is 0 Å². The summed E-state index contributed by atoms with van der Waals surface area (Å²) >= 11 is 3.40. The Hall–Kier alpha value is -1.73. The Bertz CT molecular complexity index is 883. The Morgan fingerprint density at radius 2 is 1.92 bits per heavy atom. The maximum Gasteiger partial charge on any atom is 0.254 e. The van der Waals surface area contributed by atoms with Crippen LogP contribution < -0.4 is 0 Å². The van der Waals surface area contributed by atoms with Crippen molar-refractivity contribution in [1.29, 1.82) is 0 Å². The molecule has 1 saturated heterocycles. The molecule has 2 aromatic rings. The van der Waals surface area contributed by atoms with E-state index in [4.69, 9.17) is 0 Å². The molecular weight excluding hydrogens is 409 g/mol. The van der Waals surface area contributed by atoms with Crippen LogP contribution >= 0.6 is 15.9 Å². The number of nitrogens with zero attached hydrogens (tertiary/aromatic N) is 1. The predicted octanol–water partition coefficient (Wildman–Crippen LogP) is 3.42. The minimum Gasteiger partial charge on any atom is -0.330 e. The smallest absolute Gasteiger partial charge is 0.254 e. The van der Waals surface area contributed by atoms with Gasteiger partial charge in [-0.05, 0) is 48.4 Å². The van der Waals surface area contributed by atoms with Crippen molar-refractivity contribution in [1.82, 2.24) is 4.90 Å². The lowest BCUT2D eigenvalue weighted by molar-refractivity contribution is 0.0681. The Kier molecular flexibility index (Phi) is 5.24. The zero-order valence-corrected chi connectivity index (χ0v) is 15.8. The number of rotatable bonds is 4. The van der Waals surface area contributed by atoms with Gasteiger partial charge in [-0.1, -0.05) is 28.1 Å². The second-order valence-electron chi connectivity index (χ2n) is 6.13. The van der Waals surface area contributed by atoms with E-state index in [2.05, 4.69) is 15.9 Å². The molecule has 0 saturated carbocycles. The molecule has 132 valence electrons. The molecule has 0 bridgehead atoms. The summed E-state index contributed by atoms with van der Waals surface area (Å²) in [4.78, 5) is 14.5. The highest BCUT2D eigenvalue weighted by atomic mass is 79.9. The number of carbonyl (C=O) groups excluding carboxylic acids is 1. The normalized spacial score (nSPS) is 18.9. The molecule has 1 heterocycles. The third kappa shape index (κ3) is 4.46. The van der Waals surface area contributed by atoms with Crippen LogP contribution in [0.4, 0.5) is 4.39 Å². The SMILES string of the molecule is O=C(c1ccc(F)cc1)N(Cc1cccc(Br)c1)[C@@H]1CCS(=O)(=O)C1. The van der Waals surface area contributed by atoms with Crippen molar-refractivity contribution in [3.8, 4) is 0 Å². The first-order valence-electron chi connectivity index (χ1n) is 7.85. The fraction of sp³-hybridized carbons (Fsp3) is 0.278. The summed E-state index contributed by atoms with van der Waals surface area (Å²) in [5.74, 6) is -0.655. The second kappa shape index (κ2) is 7.25. The van der Waals surface area contributed by atoms with Crippen LogP contribution in [0.15, 0.2) is 53.0 Å². The fourth-order valence-corrected chi connectivity index (χ4v) is 5.16. The molecule has 0 spiro atoms. The third-order valence-electron chi connectivity index (χ3n) is 4.24. The van der Waals surface area contributed by atoms with Crippen LogP contribution in [0, 0.1) is 5.82 Å². The molecule has 1 aliphatic heterocycles. The molecule has 0 aliphatic carbocycles. The highest BCUT2D eigenvalue weighted by Gasteiger charge is 2.35. The number of benzene rings is 2. The standard InChI is InChI=1S/C18H17BrFNO3S/c19-15-3-1-2-13(10-15)11-21(17-8-9-25(23,24)12-17)18(22)14-4-6-16(20)7-5-14/h1-7,10,17H,8-9,11-12H2/t17-/m1/s1. The zero-order chi connectivity index (χ0) is 18.0. The van der Waals surface area contributed by atoms with Crippen molar-refractivity contribution in [2.75, 3.05) is 11.5 Å². The maximum atomic E-state index is 13.1. The average molecular weight is 426 g/mol. The number of carbonyl (C=O) groups is 1. The Balaban J connectivity index is 1.91. The highest BCUT2D eigenvalue weighted by molar-refractivity contribution is 9.10. The molecule has 7 heteroatoms. The van der Waals surface area contributed by atoms with E-state index in [1.165, 1.54) is 24.3 Å². The number of halogens is 2. The molecule has 1 aliphatic rings. The Morgan fingerprint density at radius 3 is 2.52 bits per heavy atom. The topological polar surface area (TPSA) is 54.5 Å². The number of hydrogen-bond acceptors (Lipinski definition) is 3. The number of amides is 1. The summed E-state index contributed by atoms with van der Waals surface area (Å²) in [5, 5.41) is 0. The minimum absolute atomic E-state index is 0.0338. The third-order valence-corrected chi connectivity index (χ3v) is 6.49. The van der Waals surface area contributed by atoms with Crippen LogP contribution in [0.25, 0.3) is 0 Å². The molecule has 1 atom stereocenters. The van der Waals surface area contributed by atoms with Gasteiger partial charge < -0.3 is 4.90 Å². The average Bonchev–Trinajstić information content (AvgIpc) is 2.92. The van der Waals surface area contributed by atoms with Gasteiger partial charge >= 0.3 is 0 Å². The summed E-state index contributed by atoms with van der Waals surface area (Å²) in [5.41, 5.74) is 1.25. The summed E-state index contributed by atoms with van der Waals surface area (Å²) in [6.07, 6.45) is 0.420. The lowest BCUT2D eigenvalue weighted by Crippen LogP contribution is -2.40. The van der Waals surface area contributed by atoms with Gasteiger partial charge in [0.05, 0.1) is 11.5 Å². The lowest BCUT2D eigenvalue weighted by atomic mass is 10.1. The van der Waals surface area contributed by atoms with Gasteiger partial charge in [0.25, 0.3) is 5.91 Å². The molecule has 0 N–H and O–H groups in total. The molecule has 25 heavy (non-hydrogen) atoms. The van der Waals surface area contributed by atoms with Crippen LogP contribution in [0.5, 0.6) is 0 Å². The van der Waals surface area contributed by atoms with Crippen LogP contribution in [0.2, 0.25) is 0 Å². The van der Waals surface area contributed by atoms with Crippen molar-refractivity contribution in [2.45, 2.75) is 19.0 Å². The fourth-order valence-electron chi connectivity index (χ4n) is 2.98. The molecule has 0 unspecified atom stereocenters. The molecule has 1 amide bonds. The van der Waals surface area contributed by atoms with Gasteiger partial charge in [-0.25, -0.2) is 12.8 Å². The van der Waals surface area contributed by atoms with Gasteiger partial charge in [-0.2, -0.15) is 0 Å². The van der Waals surface area contributed by atoms with E-state index in [0.717, 1.165) is 10.0 Å². The molecule has 4 nitrogen and oxygen atoms in total. The molecule has 0 aromatic heterocycles. The molecule has 1 fully saturated rings. The minimum atomic E-state index is -3.13. The van der Waals surface area contributed by atoms with Crippen molar-refractivity contribution in [3.63, 3.8) is 0 Å². The van der Waals surface area contributed by atoms with Crippen LogP contribution in [-0.2, 0) is 16.4 Å². The van der Waals surface area contributed by atoms with Gasteiger partial charge in [-0.15, -0.1) is 0 Å². The molecule has 3 rings (SSSR count). The highest BCUT2D eigenvalue weighted by Crippen LogP contribution is 2.23. The van der Waals surface area contributed by atoms with E-state index in [0.29, 0.717) is 18.5 Å². The summed E-state index contributed by atoms with van der Waals surface area (Å²) in [6, 6.07) is 12.5. The second-order valence-corrected chi connectivity index (χ2v) is 9.27. The van der Waals surface area contributed by atoms with E-state index in [-0.39, 0.29) is 23.5 Å². The zero-order valence-electron chi connectivity index (χ0n) is 13.4. The van der Waals surface area contributed by atoms with Gasteiger partial charge in [0, 0.05) is 22.6 Å². The molecule has 0 radical (unpaired) electrons. The van der Waals surface area contributed by atoms with Gasteiger partial charge in [0.1, 0.15) is 5.82 Å². The van der Waals surface area contributed by atoms with Crippen molar-refractivity contribution in [2.24, 2.45) is 0 Å².